The maximum absolute atomic E-state index is 13.0. The molecule has 3 rings (SSSR count). The van der Waals surface area contributed by atoms with Crippen molar-refractivity contribution in [1.82, 2.24) is 9.97 Å². The molecule has 0 aliphatic carbocycles. The second kappa shape index (κ2) is 6.50. The molecule has 120 valence electrons. The van der Waals surface area contributed by atoms with E-state index in [4.69, 9.17) is 0 Å². The van der Waals surface area contributed by atoms with Crippen LogP contribution in [0.5, 0.6) is 0 Å². The van der Waals surface area contributed by atoms with Crippen LogP contribution in [0.3, 0.4) is 0 Å². The first-order valence-corrected chi connectivity index (χ1v) is 8.41. The lowest BCUT2D eigenvalue weighted by molar-refractivity contribution is 0.628. The third kappa shape index (κ3) is 3.27. The SMILES string of the molecule is CCCCN(C)c1nc2cc(-c3ccc(F)cc3)sc2c(=O)[nH]1. The van der Waals surface area contributed by atoms with Gasteiger partial charge in [0.25, 0.3) is 5.56 Å². The van der Waals surface area contributed by atoms with Crippen molar-refractivity contribution in [2.45, 2.75) is 19.8 Å². The van der Waals surface area contributed by atoms with Gasteiger partial charge in [-0.1, -0.05) is 25.5 Å². The standard InChI is InChI=1S/C17H18FN3OS/c1-3-4-9-21(2)17-19-13-10-14(23-15(13)16(22)20-17)11-5-7-12(18)8-6-11/h5-8,10H,3-4,9H2,1-2H3,(H,19,20,22). The van der Waals surface area contributed by atoms with Gasteiger partial charge in [0, 0.05) is 18.5 Å². The summed E-state index contributed by atoms with van der Waals surface area (Å²) < 4.78 is 13.6. The number of hydrogen-bond donors (Lipinski definition) is 1. The number of nitrogens with one attached hydrogen (secondary N) is 1. The molecule has 0 fully saturated rings. The highest BCUT2D eigenvalue weighted by atomic mass is 32.1. The summed E-state index contributed by atoms with van der Waals surface area (Å²) in [4.78, 5) is 22.6. The maximum atomic E-state index is 13.0. The van der Waals surface area contributed by atoms with Crippen LogP contribution in [0.4, 0.5) is 10.3 Å². The number of rotatable bonds is 5. The van der Waals surface area contributed by atoms with Crippen LogP contribution in [0.15, 0.2) is 35.1 Å². The number of anilines is 1. The Balaban J connectivity index is 2.01. The van der Waals surface area contributed by atoms with Gasteiger partial charge in [-0.3, -0.25) is 9.78 Å². The van der Waals surface area contributed by atoms with Crippen LogP contribution in [0.25, 0.3) is 20.7 Å². The van der Waals surface area contributed by atoms with Crippen molar-refractivity contribution < 1.29 is 4.39 Å². The van der Waals surface area contributed by atoms with Gasteiger partial charge in [0.2, 0.25) is 5.95 Å². The number of unbranched alkanes of at least 4 members (excludes halogenated alkanes) is 1. The average Bonchev–Trinajstić information content (AvgIpc) is 2.98. The van der Waals surface area contributed by atoms with Crippen molar-refractivity contribution in [3.8, 4) is 10.4 Å². The largest absolute Gasteiger partial charge is 0.345 e. The van der Waals surface area contributed by atoms with E-state index in [9.17, 15) is 9.18 Å². The van der Waals surface area contributed by atoms with Crippen molar-refractivity contribution >= 4 is 27.5 Å². The minimum atomic E-state index is -0.273. The zero-order valence-electron chi connectivity index (χ0n) is 13.1. The van der Waals surface area contributed by atoms with E-state index in [-0.39, 0.29) is 11.4 Å². The molecule has 0 amide bonds. The molecule has 6 heteroatoms. The van der Waals surface area contributed by atoms with Crippen LogP contribution in [-0.2, 0) is 0 Å². The fourth-order valence-corrected chi connectivity index (χ4v) is 3.36. The van der Waals surface area contributed by atoms with Crippen molar-refractivity contribution in [2.75, 3.05) is 18.5 Å². The lowest BCUT2D eigenvalue weighted by Gasteiger charge is -2.16. The van der Waals surface area contributed by atoms with E-state index < -0.39 is 0 Å². The van der Waals surface area contributed by atoms with Crippen LogP contribution >= 0.6 is 11.3 Å². The lowest BCUT2D eigenvalue weighted by Crippen LogP contribution is -2.23. The van der Waals surface area contributed by atoms with Gasteiger partial charge in [0.05, 0.1) is 5.52 Å². The van der Waals surface area contributed by atoms with Gasteiger partial charge in [-0.2, -0.15) is 0 Å². The molecule has 0 unspecified atom stereocenters. The first-order valence-electron chi connectivity index (χ1n) is 7.59. The summed E-state index contributed by atoms with van der Waals surface area (Å²) in [6, 6.07) is 8.15. The minimum absolute atomic E-state index is 0.133. The van der Waals surface area contributed by atoms with Gasteiger partial charge < -0.3 is 4.90 Å². The molecular formula is C17H18FN3OS. The molecule has 0 saturated carbocycles. The number of thiophene rings is 1. The average molecular weight is 331 g/mol. The van der Waals surface area contributed by atoms with Crippen LogP contribution in [0, 0.1) is 5.82 Å². The van der Waals surface area contributed by atoms with E-state index in [0.717, 1.165) is 29.8 Å². The van der Waals surface area contributed by atoms with E-state index in [1.54, 1.807) is 12.1 Å². The van der Waals surface area contributed by atoms with E-state index >= 15 is 0 Å². The number of nitrogens with zero attached hydrogens (tertiary/aromatic N) is 2. The Bertz CT molecular complexity index is 870. The van der Waals surface area contributed by atoms with Crippen molar-refractivity contribution in [1.29, 1.82) is 0 Å². The van der Waals surface area contributed by atoms with Crippen molar-refractivity contribution in [3.05, 3.63) is 46.5 Å². The maximum Gasteiger partial charge on any atom is 0.270 e. The van der Waals surface area contributed by atoms with Gasteiger partial charge in [-0.05, 0) is 30.2 Å². The quantitative estimate of drug-likeness (QED) is 0.768. The third-order valence-corrected chi connectivity index (χ3v) is 4.88. The number of H-pyrrole nitrogens is 1. The first-order chi connectivity index (χ1) is 11.1. The summed E-state index contributed by atoms with van der Waals surface area (Å²) >= 11 is 1.37. The summed E-state index contributed by atoms with van der Waals surface area (Å²) in [5, 5.41) is 0. The highest BCUT2D eigenvalue weighted by Gasteiger charge is 2.12. The molecule has 0 saturated heterocycles. The molecule has 0 spiro atoms. The van der Waals surface area contributed by atoms with E-state index in [1.165, 1.54) is 23.5 Å². The van der Waals surface area contributed by atoms with Gasteiger partial charge in [0.1, 0.15) is 10.5 Å². The normalized spacial score (nSPS) is 11.1. The Hall–Kier alpha value is -2.21. The van der Waals surface area contributed by atoms with Crippen LogP contribution in [0.2, 0.25) is 0 Å². The van der Waals surface area contributed by atoms with E-state index in [1.807, 2.05) is 18.0 Å². The summed E-state index contributed by atoms with van der Waals surface area (Å²) in [5.41, 5.74) is 1.43. The Morgan fingerprint density at radius 3 is 2.74 bits per heavy atom. The summed E-state index contributed by atoms with van der Waals surface area (Å²) in [6.45, 7) is 2.97. The minimum Gasteiger partial charge on any atom is -0.345 e. The van der Waals surface area contributed by atoms with Crippen LogP contribution < -0.4 is 10.5 Å². The Morgan fingerprint density at radius 2 is 2.04 bits per heavy atom. The second-order valence-electron chi connectivity index (χ2n) is 5.50. The van der Waals surface area contributed by atoms with Crippen molar-refractivity contribution in [3.63, 3.8) is 0 Å². The number of halogens is 1. The Kier molecular flexibility index (Phi) is 4.43. The first kappa shape index (κ1) is 15.7. The molecule has 1 aromatic carbocycles. The molecule has 3 aromatic rings. The summed E-state index contributed by atoms with van der Waals surface area (Å²) in [6.07, 6.45) is 2.13. The molecule has 1 N–H and O–H groups in total. The van der Waals surface area contributed by atoms with Gasteiger partial charge >= 0.3 is 0 Å². The summed E-state index contributed by atoms with van der Waals surface area (Å²) in [5.74, 6) is 0.310. The number of aromatic amines is 1. The summed E-state index contributed by atoms with van der Waals surface area (Å²) in [7, 11) is 1.92. The number of aromatic nitrogens is 2. The second-order valence-corrected chi connectivity index (χ2v) is 6.55. The van der Waals surface area contributed by atoms with Crippen LogP contribution in [-0.4, -0.2) is 23.6 Å². The fraction of sp³-hybridized carbons (Fsp3) is 0.294. The molecule has 4 nitrogen and oxygen atoms in total. The highest BCUT2D eigenvalue weighted by Crippen LogP contribution is 2.31. The highest BCUT2D eigenvalue weighted by molar-refractivity contribution is 7.22. The van der Waals surface area contributed by atoms with Gasteiger partial charge in [-0.15, -0.1) is 11.3 Å². The van der Waals surface area contributed by atoms with Gasteiger partial charge in [0.15, 0.2) is 0 Å². The zero-order valence-corrected chi connectivity index (χ0v) is 13.9. The zero-order chi connectivity index (χ0) is 16.4. The molecule has 2 aromatic heterocycles. The van der Waals surface area contributed by atoms with Crippen molar-refractivity contribution in [2.24, 2.45) is 0 Å². The Labute approximate surface area is 137 Å². The number of benzene rings is 1. The number of hydrogen-bond acceptors (Lipinski definition) is 4. The molecule has 23 heavy (non-hydrogen) atoms. The van der Waals surface area contributed by atoms with Crippen LogP contribution in [0.1, 0.15) is 19.8 Å². The van der Waals surface area contributed by atoms with Gasteiger partial charge in [-0.25, -0.2) is 9.37 Å². The molecule has 0 atom stereocenters. The van der Waals surface area contributed by atoms with E-state index in [0.29, 0.717) is 16.2 Å². The predicted octanol–water partition coefficient (Wildman–Crippen LogP) is 4.03. The molecular weight excluding hydrogens is 313 g/mol. The van der Waals surface area contributed by atoms with E-state index in [2.05, 4.69) is 16.9 Å². The molecule has 2 heterocycles. The molecule has 0 bridgehead atoms. The molecule has 0 radical (unpaired) electrons. The third-order valence-electron chi connectivity index (χ3n) is 3.71. The molecule has 0 aliphatic heterocycles. The molecule has 0 aliphatic rings. The predicted molar refractivity (Wildman–Crippen MR) is 93.8 cm³/mol. The number of fused-ring (bicyclic) bond motifs is 1. The fourth-order valence-electron chi connectivity index (χ4n) is 2.37. The smallest absolute Gasteiger partial charge is 0.270 e. The Morgan fingerprint density at radius 1 is 1.30 bits per heavy atom. The monoisotopic (exact) mass is 331 g/mol. The lowest BCUT2D eigenvalue weighted by atomic mass is 10.2. The topological polar surface area (TPSA) is 49.0 Å².